The zero-order valence-electron chi connectivity index (χ0n) is 40.9. The lowest BCUT2D eigenvalue weighted by Crippen LogP contribution is -1.93. The highest BCUT2D eigenvalue weighted by atomic mass is 15.0. The molecule has 0 unspecified atom stereocenters. The van der Waals surface area contributed by atoms with Crippen LogP contribution in [-0.2, 0) is 0 Å². The van der Waals surface area contributed by atoms with Gasteiger partial charge in [-0.15, -0.1) is 0 Å². The summed E-state index contributed by atoms with van der Waals surface area (Å²) < 4.78 is 2.40. The summed E-state index contributed by atoms with van der Waals surface area (Å²) in [5.41, 5.74) is 13.3. The SMILES string of the molecule is c1ccc(-n2c3ccccc3c3ccc(-c4ccc(-c5ccc6c(c5)c(-c5ccc7c(-c8ccc9ccccc9c8)cc8ccc9c%10ccccc%10ccc9c8c7c5)cc5c7ccccc7ccc65)cc4)cc32)cc1. The van der Waals surface area contributed by atoms with Crippen LogP contribution in [0.3, 0.4) is 0 Å². The maximum atomic E-state index is 2.50. The van der Waals surface area contributed by atoms with Crippen molar-refractivity contribution in [2.75, 3.05) is 0 Å². The maximum absolute atomic E-state index is 2.50. The van der Waals surface area contributed by atoms with Crippen LogP contribution in [0.4, 0.5) is 0 Å². The second kappa shape index (κ2) is 16.3. The Balaban J connectivity index is 0.898. The minimum Gasteiger partial charge on any atom is -0.309 e. The second-order valence-corrected chi connectivity index (χ2v) is 20.4. The van der Waals surface area contributed by atoms with Crippen LogP contribution in [0.1, 0.15) is 0 Å². The molecule has 1 heterocycles. The molecule has 0 amide bonds. The third kappa shape index (κ3) is 6.51. The van der Waals surface area contributed by atoms with E-state index in [0.29, 0.717) is 0 Å². The fraction of sp³-hybridized carbons (Fsp3) is 0. The molecule has 0 aliphatic heterocycles. The fourth-order valence-electron chi connectivity index (χ4n) is 12.7. The predicted molar refractivity (Wildman–Crippen MR) is 323 cm³/mol. The van der Waals surface area contributed by atoms with Crippen LogP contribution in [0.5, 0.6) is 0 Å². The van der Waals surface area contributed by atoms with Gasteiger partial charge in [-0.2, -0.15) is 0 Å². The number of aromatic nitrogens is 1. The Labute approximate surface area is 433 Å². The Morgan fingerprint density at radius 3 is 1.43 bits per heavy atom. The minimum absolute atomic E-state index is 1.16. The number of hydrogen-bond acceptors (Lipinski definition) is 0. The van der Waals surface area contributed by atoms with E-state index in [1.807, 2.05) is 0 Å². The standard InChI is InChI=1S/C74H45N/c1-2-16-57(17-3-1)75-72-21-11-10-20-64(72)65-38-31-53(44-73(65)75)48-24-22-47(23-25-48)52-30-35-61-62-34-28-50-14-7-9-19-59(50)70(62)45-68(69(61)41-52)55-32-36-63-67(54-27-26-46-12-4-5-15-51(46)40-54)43-56-33-37-60-58-18-8-6-13-49(58)29-39-66(60)74(56)71(63)42-55/h1-45H. The third-order valence-electron chi connectivity index (χ3n) is 16.3. The lowest BCUT2D eigenvalue weighted by molar-refractivity contribution is 1.18. The van der Waals surface area contributed by atoms with E-state index in [1.54, 1.807) is 0 Å². The van der Waals surface area contributed by atoms with Crippen molar-refractivity contribution in [3.8, 4) is 50.2 Å². The average molecular weight is 948 g/mol. The van der Waals surface area contributed by atoms with E-state index in [-0.39, 0.29) is 0 Å². The van der Waals surface area contributed by atoms with Gasteiger partial charge in [0.15, 0.2) is 0 Å². The normalized spacial score (nSPS) is 12.0. The van der Waals surface area contributed by atoms with Crippen LogP contribution in [0.25, 0.3) is 158 Å². The van der Waals surface area contributed by atoms with Crippen LogP contribution in [0.2, 0.25) is 0 Å². The van der Waals surface area contributed by atoms with Crippen molar-refractivity contribution in [1.29, 1.82) is 0 Å². The molecular weight excluding hydrogens is 903 g/mol. The van der Waals surface area contributed by atoms with E-state index in [9.17, 15) is 0 Å². The van der Waals surface area contributed by atoms with Gasteiger partial charge < -0.3 is 4.57 Å². The number of para-hydroxylation sites is 2. The molecule has 346 valence electrons. The first-order valence-corrected chi connectivity index (χ1v) is 26.1. The zero-order valence-corrected chi connectivity index (χ0v) is 40.9. The van der Waals surface area contributed by atoms with Gasteiger partial charge in [-0.25, -0.2) is 0 Å². The summed E-state index contributed by atoms with van der Waals surface area (Å²) in [6, 6.07) is 102. The van der Waals surface area contributed by atoms with E-state index >= 15 is 0 Å². The molecule has 16 aromatic rings. The van der Waals surface area contributed by atoms with Gasteiger partial charge in [-0.3, -0.25) is 0 Å². The van der Waals surface area contributed by atoms with E-state index in [4.69, 9.17) is 0 Å². The molecule has 0 N–H and O–H groups in total. The van der Waals surface area contributed by atoms with Gasteiger partial charge in [-0.1, -0.05) is 218 Å². The van der Waals surface area contributed by atoms with Gasteiger partial charge >= 0.3 is 0 Å². The molecule has 0 radical (unpaired) electrons. The van der Waals surface area contributed by atoms with Crippen LogP contribution in [0, 0.1) is 0 Å². The Morgan fingerprint density at radius 2 is 0.653 bits per heavy atom. The highest BCUT2D eigenvalue weighted by Gasteiger charge is 2.19. The monoisotopic (exact) mass is 947 g/mol. The number of benzene rings is 15. The van der Waals surface area contributed by atoms with Gasteiger partial charge in [0, 0.05) is 16.5 Å². The van der Waals surface area contributed by atoms with Crippen molar-refractivity contribution in [3.63, 3.8) is 0 Å². The highest BCUT2D eigenvalue weighted by Crippen LogP contribution is 2.45. The summed E-state index contributed by atoms with van der Waals surface area (Å²) in [6.07, 6.45) is 0. The molecule has 0 saturated heterocycles. The van der Waals surface area contributed by atoms with E-state index in [1.165, 1.54) is 152 Å². The van der Waals surface area contributed by atoms with E-state index in [2.05, 4.69) is 278 Å². The van der Waals surface area contributed by atoms with Crippen molar-refractivity contribution in [2.45, 2.75) is 0 Å². The van der Waals surface area contributed by atoms with Crippen LogP contribution >= 0.6 is 0 Å². The Morgan fingerprint density at radius 1 is 0.187 bits per heavy atom. The molecule has 0 atom stereocenters. The third-order valence-corrected chi connectivity index (χ3v) is 16.3. The van der Waals surface area contributed by atoms with Gasteiger partial charge in [0.05, 0.1) is 11.0 Å². The molecule has 1 heteroatoms. The van der Waals surface area contributed by atoms with E-state index in [0.717, 1.165) is 5.69 Å². The highest BCUT2D eigenvalue weighted by molar-refractivity contribution is 6.28. The summed E-state index contributed by atoms with van der Waals surface area (Å²) in [6.45, 7) is 0. The molecule has 75 heavy (non-hydrogen) atoms. The lowest BCUT2D eigenvalue weighted by Gasteiger charge is -2.18. The number of rotatable bonds is 5. The van der Waals surface area contributed by atoms with Crippen molar-refractivity contribution >= 4 is 108 Å². The first-order valence-electron chi connectivity index (χ1n) is 26.1. The lowest BCUT2D eigenvalue weighted by atomic mass is 9.86. The van der Waals surface area contributed by atoms with Gasteiger partial charge in [0.25, 0.3) is 0 Å². The van der Waals surface area contributed by atoms with Crippen LogP contribution < -0.4 is 0 Å². The Bertz CT molecular complexity index is 5040. The molecule has 0 bridgehead atoms. The molecule has 0 saturated carbocycles. The fourth-order valence-corrected chi connectivity index (χ4v) is 12.7. The molecule has 1 nitrogen and oxygen atoms in total. The first-order chi connectivity index (χ1) is 37.2. The Hall–Kier alpha value is -9.82. The van der Waals surface area contributed by atoms with Gasteiger partial charge in [0.2, 0.25) is 0 Å². The molecule has 16 rings (SSSR count). The molecule has 0 aliphatic rings. The van der Waals surface area contributed by atoms with Crippen molar-refractivity contribution in [1.82, 2.24) is 4.57 Å². The molecule has 15 aromatic carbocycles. The second-order valence-electron chi connectivity index (χ2n) is 20.4. The smallest absolute Gasteiger partial charge is 0.0547 e. The summed E-state index contributed by atoms with van der Waals surface area (Å²) in [5, 5.41) is 22.7. The largest absolute Gasteiger partial charge is 0.309 e. The summed E-state index contributed by atoms with van der Waals surface area (Å²) in [5.74, 6) is 0. The van der Waals surface area contributed by atoms with E-state index < -0.39 is 0 Å². The number of nitrogens with zero attached hydrogens (tertiary/aromatic N) is 1. The molecule has 1 aromatic heterocycles. The quantitative estimate of drug-likeness (QED) is 0.152. The average Bonchev–Trinajstić information content (AvgIpc) is 3.85. The topological polar surface area (TPSA) is 4.93 Å². The zero-order chi connectivity index (χ0) is 49.1. The first kappa shape index (κ1) is 41.8. The molecular formula is C74H45N. The van der Waals surface area contributed by atoms with Crippen molar-refractivity contribution in [2.24, 2.45) is 0 Å². The predicted octanol–water partition coefficient (Wildman–Crippen LogP) is 20.7. The minimum atomic E-state index is 1.16. The van der Waals surface area contributed by atoms with Gasteiger partial charge in [0.1, 0.15) is 0 Å². The number of fused-ring (bicyclic) bond motifs is 16. The van der Waals surface area contributed by atoms with Crippen LogP contribution in [-0.4, -0.2) is 4.57 Å². The van der Waals surface area contributed by atoms with Crippen LogP contribution in [0.15, 0.2) is 273 Å². The van der Waals surface area contributed by atoms with Crippen molar-refractivity contribution in [3.05, 3.63) is 273 Å². The number of hydrogen-bond donors (Lipinski definition) is 0. The summed E-state index contributed by atoms with van der Waals surface area (Å²) >= 11 is 0. The molecule has 0 aliphatic carbocycles. The van der Waals surface area contributed by atoms with Gasteiger partial charge in [-0.05, 0) is 185 Å². The summed E-state index contributed by atoms with van der Waals surface area (Å²) in [7, 11) is 0. The molecule has 0 spiro atoms. The molecule has 0 fully saturated rings. The van der Waals surface area contributed by atoms with Crippen molar-refractivity contribution < 1.29 is 0 Å². The maximum Gasteiger partial charge on any atom is 0.0547 e. The Kier molecular flexibility index (Phi) is 9.10. The summed E-state index contributed by atoms with van der Waals surface area (Å²) in [4.78, 5) is 0.